The normalized spacial score (nSPS) is 9.00. The second kappa shape index (κ2) is 4.63. The number of thiol groups is 1. The molecular weight excluding hydrogens is 205 g/mol. The molecule has 0 radical (unpaired) electrons. The first-order chi connectivity index (χ1) is 6.65. The fraction of sp³-hybridized carbons (Fsp3) is 0.111. The smallest absolute Gasteiger partial charge is 0.258 e. The molecule has 0 aromatic heterocycles. The summed E-state index contributed by atoms with van der Waals surface area (Å²) in [5, 5.41) is 10.3. The van der Waals surface area contributed by atoms with E-state index in [1.807, 2.05) is 0 Å². The Kier molecular flexibility index (Phi) is 3.48. The van der Waals surface area contributed by atoms with Crippen molar-refractivity contribution in [3.63, 3.8) is 0 Å². The lowest BCUT2D eigenvalue weighted by molar-refractivity contribution is -0.387. The molecule has 0 spiro atoms. The molecule has 0 aliphatic heterocycles. The number of nitrogens with zero attached hydrogens (tertiary/aromatic N) is 1. The first kappa shape index (κ1) is 10.5. The molecule has 3 nitrogen and oxygen atoms in total. The van der Waals surface area contributed by atoms with Gasteiger partial charge in [-0.05, 0) is 12.1 Å². The molecule has 14 heavy (non-hydrogen) atoms. The highest BCUT2D eigenvalue weighted by atomic mass is 32.1. The van der Waals surface area contributed by atoms with E-state index >= 15 is 0 Å². The third-order valence-corrected chi connectivity index (χ3v) is 1.61. The molecule has 1 aromatic carbocycles. The summed E-state index contributed by atoms with van der Waals surface area (Å²) in [6, 6.07) is 3.53. The maximum absolute atomic E-state index is 13.0. The van der Waals surface area contributed by atoms with Gasteiger partial charge in [-0.3, -0.25) is 10.1 Å². The second-order valence-corrected chi connectivity index (χ2v) is 2.70. The van der Waals surface area contributed by atoms with Crippen LogP contribution in [0.15, 0.2) is 18.2 Å². The van der Waals surface area contributed by atoms with Gasteiger partial charge in [-0.2, -0.15) is 17.0 Å². The molecule has 0 aliphatic carbocycles. The van der Waals surface area contributed by atoms with E-state index in [1.54, 1.807) is 0 Å². The van der Waals surface area contributed by atoms with Gasteiger partial charge in [-0.1, -0.05) is 11.8 Å². The maximum Gasteiger partial charge on any atom is 0.304 e. The van der Waals surface area contributed by atoms with Crippen LogP contribution >= 0.6 is 12.6 Å². The van der Waals surface area contributed by atoms with Gasteiger partial charge in [0.05, 0.1) is 10.7 Å². The van der Waals surface area contributed by atoms with Gasteiger partial charge >= 0.3 is 5.69 Å². The zero-order valence-corrected chi connectivity index (χ0v) is 7.92. The number of hydrogen-bond donors (Lipinski definition) is 1. The van der Waals surface area contributed by atoms with Gasteiger partial charge in [0.25, 0.3) is 0 Å². The average molecular weight is 211 g/mol. The van der Waals surface area contributed by atoms with E-state index < -0.39 is 16.4 Å². The van der Waals surface area contributed by atoms with E-state index in [4.69, 9.17) is 0 Å². The number of hydrogen-bond acceptors (Lipinski definition) is 3. The van der Waals surface area contributed by atoms with Crippen molar-refractivity contribution >= 4 is 18.3 Å². The Morgan fingerprint density at radius 1 is 1.57 bits per heavy atom. The summed E-state index contributed by atoms with van der Waals surface area (Å²) in [7, 11) is 0. The van der Waals surface area contributed by atoms with Crippen LogP contribution in [0.25, 0.3) is 0 Å². The van der Waals surface area contributed by atoms with Crippen molar-refractivity contribution in [1.29, 1.82) is 0 Å². The van der Waals surface area contributed by atoms with Gasteiger partial charge in [0.2, 0.25) is 5.82 Å². The highest BCUT2D eigenvalue weighted by Crippen LogP contribution is 2.17. The molecule has 0 heterocycles. The fourth-order valence-electron chi connectivity index (χ4n) is 0.874. The number of benzene rings is 1. The lowest BCUT2D eigenvalue weighted by atomic mass is 10.2. The number of nitro groups is 1. The minimum Gasteiger partial charge on any atom is -0.258 e. The third kappa shape index (κ3) is 2.47. The summed E-state index contributed by atoms with van der Waals surface area (Å²) in [5.41, 5.74) is -0.136. The lowest BCUT2D eigenvalue weighted by Crippen LogP contribution is -1.92. The van der Waals surface area contributed by atoms with Crippen molar-refractivity contribution in [2.24, 2.45) is 0 Å². The summed E-state index contributed by atoms with van der Waals surface area (Å²) in [5.74, 6) is 4.72. The van der Waals surface area contributed by atoms with Crippen molar-refractivity contribution in [2.75, 3.05) is 5.75 Å². The lowest BCUT2D eigenvalue weighted by Gasteiger charge is -1.93. The predicted molar refractivity (Wildman–Crippen MR) is 53.8 cm³/mol. The van der Waals surface area contributed by atoms with Crippen LogP contribution in [0.4, 0.5) is 10.1 Å². The highest BCUT2D eigenvalue weighted by Gasteiger charge is 2.12. The van der Waals surface area contributed by atoms with E-state index in [1.165, 1.54) is 6.07 Å². The Labute approximate surface area is 85.5 Å². The second-order valence-electron chi connectivity index (χ2n) is 2.38. The fourth-order valence-corrected chi connectivity index (χ4v) is 0.953. The summed E-state index contributed by atoms with van der Waals surface area (Å²) < 4.78 is 13.0. The molecule has 0 saturated heterocycles. The molecule has 1 rings (SSSR count). The Morgan fingerprint density at radius 3 is 2.79 bits per heavy atom. The molecular formula is C9H6FNO2S. The zero-order valence-electron chi connectivity index (χ0n) is 7.03. The van der Waals surface area contributed by atoms with Gasteiger partial charge in [0.15, 0.2) is 0 Å². The van der Waals surface area contributed by atoms with Crippen LogP contribution in [0, 0.1) is 27.8 Å². The van der Waals surface area contributed by atoms with E-state index in [9.17, 15) is 14.5 Å². The van der Waals surface area contributed by atoms with Gasteiger partial charge < -0.3 is 0 Å². The van der Waals surface area contributed by atoms with Crippen LogP contribution in [0.2, 0.25) is 0 Å². The maximum atomic E-state index is 13.0. The van der Waals surface area contributed by atoms with E-state index in [-0.39, 0.29) is 0 Å². The monoisotopic (exact) mass is 211 g/mol. The van der Waals surface area contributed by atoms with Gasteiger partial charge in [-0.25, -0.2) is 0 Å². The van der Waals surface area contributed by atoms with Crippen LogP contribution in [-0.2, 0) is 0 Å². The first-order valence-corrected chi connectivity index (χ1v) is 4.32. The molecule has 0 atom stereocenters. The SMILES string of the molecule is O=[N+]([O-])c1ccc(C#CCS)cc1F. The van der Waals surface area contributed by atoms with Crippen LogP contribution in [0.1, 0.15) is 5.56 Å². The molecule has 0 fully saturated rings. The molecule has 0 bridgehead atoms. The Balaban J connectivity index is 3.06. The summed E-state index contributed by atoms with van der Waals surface area (Å²) >= 11 is 3.85. The molecule has 0 saturated carbocycles. The van der Waals surface area contributed by atoms with E-state index in [0.717, 1.165) is 12.1 Å². The summed E-state index contributed by atoms with van der Waals surface area (Å²) in [6.07, 6.45) is 0. The summed E-state index contributed by atoms with van der Waals surface area (Å²) in [4.78, 5) is 9.49. The molecule has 5 heteroatoms. The first-order valence-electron chi connectivity index (χ1n) is 3.69. The molecule has 0 amide bonds. The highest BCUT2D eigenvalue weighted by molar-refractivity contribution is 7.80. The van der Waals surface area contributed by atoms with Crippen molar-refractivity contribution in [2.45, 2.75) is 0 Å². The Hall–Kier alpha value is -1.54. The van der Waals surface area contributed by atoms with Crippen LogP contribution in [0.3, 0.4) is 0 Å². The molecule has 0 N–H and O–H groups in total. The minimum absolute atomic E-state index is 0.360. The van der Waals surface area contributed by atoms with Crippen LogP contribution in [-0.4, -0.2) is 10.7 Å². The average Bonchev–Trinajstić information content (AvgIpc) is 2.14. The molecule has 0 aliphatic rings. The van der Waals surface area contributed by atoms with E-state index in [2.05, 4.69) is 24.5 Å². The van der Waals surface area contributed by atoms with Gasteiger partial charge in [-0.15, -0.1) is 0 Å². The van der Waals surface area contributed by atoms with Crippen molar-refractivity contribution in [3.05, 3.63) is 39.7 Å². The number of halogens is 1. The summed E-state index contributed by atoms with van der Waals surface area (Å²) in [6.45, 7) is 0. The van der Waals surface area contributed by atoms with Crippen molar-refractivity contribution in [3.8, 4) is 11.8 Å². The van der Waals surface area contributed by atoms with Gasteiger partial charge in [0.1, 0.15) is 0 Å². The largest absolute Gasteiger partial charge is 0.304 e. The number of nitro benzene ring substituents is 1. The van der Waals surface area contributed by atoms with Crippen LogP contribution < -0.4 is 0 Å². The van der Waals surface area contributed by atoms with Crippen LogP contribution in [0.5, 0.6) is 0 Å². The minimum atomic E-state index is -0.874. The quantitative estimate of drug-likeness (QED) is 0.334. The topological polar surface area (TPSA) is 43.1 Å². The third-order valence-electron chi connectivity index (χ3n) is 1.46. The molecule has 0 unspecified atom stereocenters. The Morgan fingerprint density at radius 2 is 2.29 bits per heavy atom. The zero-order chi connectivity index (χ0) is 10.6. The van der Waals surface area contributed by atoms with Crippen molar-refractivity contribution < 1.29 is 9.31 Å². The van der Waals surface area contributed by atoms with Crippen molar-refractivity contribution in [1.82, 2.24) is 0 Å². The van der Waals surface area contributed by atoms with E-state index in [0.29, 0.717) is 11.3 Å². The number of rotatable bonds is 1. The predicted octanol–water partition coefficient (Wildman–Crippen LogP) is 2.02. The molecule has 72 valence electrons. The molecule has 1 aromatic rings. The standard InChI is InChI=1S/C9H6FNO2S/c10-8-6-7(2-1-5-14)3-4-9(8)11(12)13/h3-4,6,14H,5H2. The Bertz CT molecular complexity index is 423. The van der Waals surface area contributed by atoms with Gasteiger partial charge in [0, 0.05) is 11.6 Å².